The van der Waals surface area contributed by atoms with Gasteiger partial charge in [-0.1, -0.05) is 60.7 Å². The van der Waals surface area contributed by atoms with Crippen molar-refractivity contribution in [2.75, 3.05) is 19.7 Å². The molecule has 2 saturated heterocycles. The molecule has 4 heteroatoms. The Bertz CT molecular complexity index is 735. The van der Waals surface area contributed by atoms with Gasteiger partial charge in [0, 0.05) is 5.92 Å². The van der Waals surface area contributed by atoms with Crippen molar-refractivity contribution in [3.05, 3.63) is 71.8 Å². The summed E-state index contributed by atoms with van der Waals surface area (Å²) in [6, 6.07) is 18.8. The zero-order valence-corrected chi connectivity index (χ0v) is 16.3. The van der Waals surface area contributed by atoms with E-state index < -0.39 is 11.6 Å². The summed E-state index contributed by atoms with van der Waals surface area (Å²) in [7, 11) is 0. The molecular formula is C24H30NO3+. The van der Waals surface area contributed by atoms with Crippen molar-refractivity contribution < 1.29 is 19.5 Å². The lowest BCUT2D eigenvalue weighted by atomic mass is 9.83. The van der Waals surface area contributed by atoms with E-state index in [1.807, 2.05) is 36.4 Å². The van der Waals surface area contributed by atoms with Gasteiger partial charge in [0.25, 0.3) is 0 Å². The Morgan fingerprint density at radius 2 is 1.54 bits per heavy atom. The van der Waals surface area contributed by atoms with Gasteiger partial charge in [0.15, 0.2) is 0 Å². The molecule has 28 heavy (non-hydrogen) atoms. The molecule has 0 aromatic heterocycles. The van der Waals surface area contributed by atoms with Gasteiger partial charge in [-0.3, -0.25) is 0 Å². The van der Waals surface area contributed by atoms with Crippen molar-refractivity contribution in [2.45, 2.75) is 43.7 Å². The predicted molar refractivity (Wildman–Crippen MR) is 108 cm³/mol. The molecule has 148 valence electrons. The Kier molecular flexibility index (Phi) is 5.79. The van der Waals surface area contributed by atoms with Gasteiger partial charge in [-0.15, -0.1) is 0 Å². The SMILES string of the molecule is O=C(OC[C@H]1CCC[NH+]2CCCC[C@H]12)C(O)(c1ccccc1)c1ccccc1. The molecule has 0 radical (unpaired) electrons. The topological polar surface area (TPSA) is 51.0 Å². The number of carbonyl (C=O) groups is 1. The van der Waals surface area contributed by atoms with E-state index >= 15 is 0 Å². The molecule has 2 N–H and O–H groups in total. The standard InChI is InChI=1S/C24H29NO3/c26-23(28-18-19-10-9-17-25-16-8-7-15-22(19)25)24(27,20-11-3-1-4-12-20)21-13-5-2-6-14-21/h1-6,11-14,19,22,27H,7-10,15-18H2/p+1/t19-,22-/m1/s1. The quantitative estimate of drug-likeness (QED) is 0.783. The second-order valence-electron chi connectivity index (χ2n) is 8.20. The molecule has 2 aromatic carbocycles. The summed E-state index contributed by atoms with van der Waals surface area (Å²) in [6.07, 6.45) is 6.10. The van der Waals surface area contributed by atoms with Crippen molar-refractivity contribution in [3.63, 3.8) is 0 Å². The minimum atomic E-state index is -1.78. The van der Waals surface area contributed by atoms with E-state index in [-0.39, 0.29) is 0 Å². The molecule has 0 amide bonds. The number of quaternary nitrogens is 1. The van der Waals surface area contributed by atoms with Crippen molar-refractivity contribution in [2.24, 2.45) is 5.92 Å². The maximum Gasteiger partial charge on any atom is 0.347 e. The van der Waals surface area contributed by atoms with Crippen LogP contribution in [0.5, 0.6) is 0 Å². The third kappa shape index (κ3) is 3.71. The number of carbonyl (C=O) groups excluding carboxylic acids is 1. The monoisotopic (exact) mass is 380 g/mol. The average Bonchev–Trinajstić information content (AvgIpc) is 2.78. The molecule has 0 saturated carbocycles. The maximum absolute atomic E-state index is 13.2. The van der Waals surface area contributed by atoms with Crippen LogP contribution in [0.3, 0.4) is 0 Å². The maximum atomic E-state index is 13.2. The number of piperidine rings is 2. The lowest BCUT2D eigenvalue weighted by molar-refractivity contribution is -0.940. The fraction of sp³-hybridized carbons (Fsp3) is 0.458. The lowest BCUT2D eigenvalue weighted by Gasteiger charge is -2.41. The van der Waals surface area contributed by atoms with Crippen LogP contribution < -0.4 is 4.90 Å². The van der Waals surface area contributed by atoms with E-state index in [0.29, 0.717) is 29.7 Å². The van der Waals surface area contributed by atoms with E-state index in [1.54, 1.807) is 29.2 Å². The Balaban J connectivity index is 1.53. The van der Waals surface area contributed by atoms with Crippen LogP contribution in [0.2, 0.25) is 0 Å². The number of benzene rings is 2. The first-order valence-corrected chi connectivity index (χ1v) is 10.5. The van der Waals surface area contributed by atoms with Gasteiger partial charge in [-0.05, 0) is 43.2 Å². The van der Waals surface area contributed by atoms with Gasteiger partial charge in [0.05, 0.1) is 25.7 Å². The molecule has 2 aromatic rings. The highest BCUT2D eigenvalue weighted by Gasteiger charge is 2.43. The zero-order chi connectivity index (χ0) is 19.4. The Labute approximate surface area is 167 Å². The molecule has 2 aliphatic heterocycles. The summed E-state index contributed by atoms with van der Waals surface area (Å²) in [5, 5.41) is 11.5. The van der Waals surface area contributed by atoms with Gasteiger partial charge in [-0.25, -0.2) is 4.79 Å². The molecule has 0 aliphatic carbocycles. The Morgan fingerprint density at radius 3 is 2.18 bits per heavy atom. The van der Waals surface area contributed by atoms with Crippen LogP contribution in [-0.4, -0.2) is 36.8 Å². The second kappa shape index (κ2) is 8.46. The molecule has 4 nitrogen and oxygen atoms in total. The Morgan fingerprint density at radius 1 is 0.929 bits per heavy atom. The number of ether oxygens (including phenoxy) is 1. The lowest BCUT2D eigenvalue weighted by Crippen LogP contribution is -3.18. The largest absolute Gasteiger partial charge is 0.462 e. The minimum Gasteiger partial charge on any atom is -0.462 e. The number of aliphatic hydroxyl groups is 1. The van der Waals surface area contributed by atoms with E-state index in [1.165, 1.54) is 38.8 Å². The number of hydrogen-bond acceptors (Lipinski definition) is 3. The normalized spacial score (nSPS) is 25.0. The van der Waals surface area contributed by atoms with E-state index in [9.17, 15) is 9.90 Å². The molecule has 1 unspecified atom stereocenters. The second-order valence-corrected chi connectivity index (χ2v) is 8.20. The Hall–Kier alpha value is -2.17. The third-order valence-electron chi connectivity index (χ3n) is 6.54. The fourth-order valence-corrected chi connectivity index (χ4v) is 5.03. The van der Waals surface area contributed by atoms with Crippen molar-refractivity contribution in [3.8, 4) is 0 Å². The number of hydrogen-bond donors (Lipinski definition) is 2. The van der Waals surface area contributed by atoms with Gasteiger partial charge in [0.2, 0.25) is 5.60 Å². The van der Waals surface area contributed by atoms with Crippen molar-refractivity contribution >= 4 is 5.97 Å². The number of esters is 1. The highest BCUT2D eigenvalue weighted by molar-refractivity contribution is 5.85. The highest BCUT2D eigenvalue weighted by Crippen LogP contribution is 2.31. The van der Waals surface area contributed by atoms with Crippen LogP contribution >= 0.6 is 0 Å². The van der Waals surface area contributed by atoms with Gasteiger partial charge >= 0.3 is 5.97 Å². The van der Waals surface area contributed by atoms with Gasteiger partial charge in [0.1, 0.15) is 0 Å². The molecule has 0 bridgehead atoms. The van der Waals surface area contributed by atoms with Gasteiger partial charge < -0.3 is 14.7 Å². The minimum absolute atomic E-state index is 0.392. The first-order valence-electron chi connectivity index (χ1n) is 10.5. The van der Waals surface area contributed by atoms with Crippen LogP contribution in [0, 0.1) is 5.92 Å². The summed E-state index contributed by atoms with van der Waals surface area (Å²) < 4.78 is 5.80. The van der Waals surface area contributed by atoms with E-state index in [2.05, 4.69) is 0 Å². The first-order chi connectivity index (χ1) is 13.7. The summed E-state index contributed by atoms with van der Waals surface area (Å²) >= 11 is 0. The van der Waals surface area contributed by atoms with Crippen LogP contribution in [0.1, 0.15) is 43.2 Å². The van der Waals surface area contributed by atoms with Crippen molar-refractivity contribution in [1.29, 1.82) is 0 Å². The molecule has 2 fully saturated rings. The predicted octanol–water partition coefficient (Wildman–Crippen LogP) is 2.31. The molecule has 4 rings (SSSR count). The summed E-state index contributed by atoms with van der Waals surface area (Å²) in [6.45, 7) is 2.88. The van der Waals surface area contributed by atoms with Crippen LogP contribution in [0.4, 0.5) is 0 Å². The molecular weight excluding hydrogens is 350 g/mol. The van der Waals surface area contributed by atoms with Crippen LogP contribution in [0.25, 0.3) is 0 Å². The van der Waals surface area contributed by atoms with Crippen LogP contribution in [0.15, 0.2) is 60.7 Å². The van der Waals surface area contributed by atoms with E-state index in [0.717, 1.165) is 6.42 Å². The molecule has 2 aliphatic rings. The fourth-order valence-electron chi connectivity index (χ4n) is 5.03. The van der Waals surface area contributed by atoms with Gasteiger partial charge in [-0.2, -0.15) is 0 Å². The summed E-state index contributed by atoms with van der Waals surface area (Å²) in [4.78, 5) is 14.9. The average molecular weight is 381 g/mol. The molecule has 3 atom stereocenters. The molecule has 2 heterocycles. The number of nitrogens with one attached hydrogen (secondary N) is 1. The van der Waals surface area contributed by atoms with Crippen molar-refractivity contribution in [1.82, 2.24) is 0 Å². The third-order valence-corrected chi connectivity index (χ3v) is 6.54. The first kappa shape index (κ1) is 19.2. The highest BCUT2D eigenvalue weighted by atomic mass is 16.5. The number of fused-ring (bicyclic) bond motifs is 1. The zero-order valence-electron chi connectivity index (χ0n) is 16.3. The van der Waals surface area contributed by atoms with E-state index in [4.69, 9.17) is 4.74 Å². The van der Waals surface area contributed by atoms with Crippen LogP contribution in [-0.2, 0) is 15.1 Å². The smallest absolute Gasteiger partial charge is 0.347 e. The number of rotatable bonds is 5. The summed E-state index contributed by atoms with van der Waals surface area (Å²) in [5.41, 5.74) is -0.699. The molecule has 0 spiro atoms. The summed E-state index contributed by atoms with van der Waals surface area (Å²) in [5.74, 6) is -0.184.